The summed E-state index contributed by atoms with van der Waals surface area (Å²) >= 11 is 0. The van der Waals surface area contributed by atoms with E-state index in [1.807, 2.05) is 24.3 Å². The topological polar surface area (TPSA) is 43.9 Å². The maximum Gasteiger partial charge on any atom is 0.161 e. The van der Waals surface area contributed by atoms with E-state index >= 15 is 0 Å². The molecule has 0 unspecified atom stereocenters. The Morgan fingerprint density at radius 2 is 1.02 bits per heavy atom. The largest absolute Gasteiger partial charge is 0.454 e. The van der Waals surface area contributed by atoms with Crippen LogP contribution in [-0.2, 0) is 0 Å². The second-order valence-corrected chi connectivity index (χ2v) is 13.7. The molecular formula is C50H31N3O. The van der Waals surface area contributed by atoms with Crippen molar-refractivity contribution in [1.29, 1.82) is 0 Å². The molecule has 0 bridgehead atoms. The molecule has 11 aromatic rings. The minimum atomic E-state index is 0.666. The molecule has 0 fully saturated rings. The molecule has 0 N–H and O–H groups in total. The highest BCUT2D eigenvalue weighted by atomic mass is 16.3. The van der Waals surface area contributed by atoms with Crippen molar-refractivity contribution in [1.82, 2.24) is 14.5 Å². The Balaban J connectivity index is 1.12. The smallest absolute Gasteiger partial charge is 0.161 e. The van der Waals surface area contributed by atoms with Gasteiger partial charge in [-0.1, -0.05) is 158 Å². The average Bonchev–Trinajstić information content (AvgIpc) is 3.80. The van der Waals surface area contributed by atoms with Crippen molar-refractivity contribution >= 4 is 54.6 Å². The van der Waals surface area contributed by atoms with E-state index in [0.29, 0.717) is 5.82 Å². The summed E-state index contributed by atoms with van der Waals surface area (Å²) in [6.07, 6.45) is 0. The van der Waals surface area contributed by atoms with Gasteiger partial charge in [0.2, 0.25) is 0 Å². The quantitative estimate of drug-likeness (QED) is 0.181. The molecule has 3 heterocycles. The van der Waals surface area contributed by atoms with Crippen LogP contribution in [0, 0.1) is 0 Å². The Bertz CT molecular complexity index is 3200. The zero-order chi connectivity index (χ0) is 35.6. The zero-order valence-corrected chi connectivity index (χ0v) is 29.1. The SMILES string of the molecule is c1ccc(-c2ccc(-c3nc(-c4cccc5oc6c(-n7c8ccccc8c8ccc(-c9ccccc9)cc87)cccc6c45)nc4ccccc34)cc2)cc1. The number of rotatable bonds is 5. The van der Waals surface area contributed by atoms with Gasteiger partial charge in [-0.25, -0.2) is 9.97 Å². The van der Waals surface area contributed by atoms with E-state index in [1.54, 1.807) is 0 Å². The molecule has 4 nitrogen and oxygen atoms in total. The van der Waals surface area contributed by atoms with Crippen molar-refractivity contribution in [2.75, 3.05) is 0 Å². The summed E-state index contributed by atoms with van der Waals surface area (Å²) in [7, 11) is 0. The predicted octanol–water partition coefficient (Wildman–Crippen LogP) is 13.3. The molecule has 4 heteroatoms. The van der Waals surface area contributed by atoms with Gasteiger partial charge >= 0.3 is 0 Å². The molecule has 0 amide bonds. The Labute approximate surface area is 311 Å². The molecule has 0 saturated carbocycles. The summed E-state index contributed by atoms with van der Waals surface area (Å²) in [4.78, 5) is 10.5. The number of hydrogen-bond acceptors (Lipinski definition) is 3. The van der Waals surface area contributed by atoms with E-state index in [2.05, 4.69) is 168 Å². The average molecular weight is 690 g/mol. The van der Waals surface area contributed by atoms with Crippen molar-refractivity contribution in [2.45, 2.75) is 0 Å². The van der Waals surface area contributed by atoms with E-state index in [4.69, 9.17) is 14.4 Å². The molecule has 0 radical (unpaired) electrons. The van der Waals surface area contributed by atoms with Crippen LogP contribution in [0.4, 0.5) is 0 Å². The molecule has 8 aromatic carbocycles. The first-order valence-corrected chi connectivity index (χ1v) is 18.2. The molecular weight excluding hydrogens is 659 g/mol. The second kappa shape index (κ2) is 12.1. The van der Waals surface area contributed by atoms with Gasteiger partial charge in [-0.3, -0.25) is 0 Å². The van der Waals surface area contributed by atoms with Gasteiger partial charge < -0.3 is 8.98 Å². The predicted molar refractivity (Wildman–Crippen MR) is 223 cm³/mol. The molecule has 0 aliphatic carbocycles. The fourth-order valence-electron chi connectivity index (χ4n) is 8.10. The number of benzene rings is 8. The highest BCUT2D eigenvalue weighted by molar-refractivity contribution is 6.16. The highest BCUT2D eigenvalue weighted by Gasteiger charge is 2.21. The van der Waals surface area contributed by atoms with Crippen LogP contribution in [0.1, 0.15) is 0 Å². The number of hydrogen-bond donors (Lipinski definition) is 0. The van der Waals surface area contributed by atoms with Gasteiger partial charge in [-0.15, -0.1) is 0 Å². The first-order chi connectivity index (χ1) is 26.8. The van der Waals surface area contributed by atoms with Crippen LogP contribution >= 0.6 is 0 Å². The number of fused-ring (bicyclic) bond motifs is 7. The molecule has 0 aliphatic heterocycles. The Hall–Kier alpha value is -7.30. The zero-order valence-electron chi connectivity index (χ0n) is 29.1. The van der Waals surface area contributed by atoms with E-state index in [9.17, 15) is 0 Å². The minimum Gasteiger partial charge on any atom is -0.454 e. The Morgan fingerprint density at radius 3 is 1.83 bits per heavy atom. The van der Waals surface area contributed by atoms with E-state index < -0.39 is 0 Å². The fourth-order valence-corrected chi connectivity index (χ4v) is 8.10. The van der Waals surface area contributed by atoms with Crippen molar-refractivity contribution in [3.05, 3.63) is 188 Å². The lowest BCUT2D eigenvalue weighted by atomic mass is 10.0. The van der Waals surface area contributed by atoms with Gasteiger partial charge in [-0.2, -0.15) is 0 Å². The summed E-state index contributed by atoms with van der Waals surface area (Å²) < 4.78 is 9.22. The van der Waals surface area contributed by atoms with Gasteiger partial charge in [0.1, 0.15) is 5.58 Å². The van der Waals surface area contributed by atoms with Gasteiger partial charge in [0.25, 0.3) is 0 Å². The van der Waals surface area contributed by atoms with Crippen molar-refractivity contribution in [3.8, 4) is 50.6 Å². The maximum absolute atomic E-state index is 6.86. The van der Waals surface area contributed by atoms with Crippen molar-refractivity contribution < 1.29 is 4.42 Å². The summed E-state index contributed by atoms with van der Waals surface area (Å²) in [6, 6.07) is 66.0. The van der Waals surface area contributed by atoms with Gasteiger partial charge in [-0.05, 0) is 52.6 Å². The first kappa shape index (κ1) is 30.3. The van der Waals surface area contributed by atoms with Crippen LogP contribution in [0.15, 0.2) is 192 Å². The van der Waals surface area contributed by atoms with Crippen LogP contribution in [0.5, 0.6) is 0 Å². The van der Waals surface area contributed by atoms with Crippen LogP contribution in [0.25, 0.3) is 105 Å². The molecule has 0 atom stereocenters. The number of furan rings is 1. The van der Waals surface area contributed by atoms with Crippen molar-refractivity contribution in [3.63, 3.8) is 0 Å². The van der Waals surface area contributed by atoms with E-state index in [-0.39, 0.29) is 0 Å². The lowest BCUT2D eigenvalue weighted by Gasteiger charge is -2.11. The molecule has 11 rings (SSSR count). The normalized spacial score (nSPS) is 11.7. The van der Waals surface area contributed by atoms with Crippen LogP contribution < -0.4 is 0 Å². The Kier molecular flexibility index (Phi) is 6.82. The lowest BCUT2D eigenvalue weighted by molar-refractivity contribution is 0.666. The number of aromatic nitrogens is 3. The number of nitrogens with zero attached hydrogens (tertiary/aromatic N) is 3. The van der Waals surface area contributed by atoms with Crippen LogP contribution in [0.3, 0.4) is 0 Å². The van der Waals surface area contributed by atoms with E-state index in [0.717, 1.165) is 66.4 Å². The third-order valence-corrected chi connectivity index (χ3v) is 10.6. The molecule has 54 heavy (non-hydrogen) atoms. The van der Waals surface area contributed by atoms with E-state index in [1.165, 1.54) is 33.0 Å². The molecule has 0 saturated heterocycles. The monoisotopic (exact) mass is 689 g/mol. The summed E-state index contributed by atoms with van der Waals surface area (Å²) in [5.74, 6) is 0.666. The molecule has 3 aromatic heterocycles. The van der Waals surface area contributed by atoms with Crippen LogP contribution in [-0.4, -0.2) is 14.5 Å². The Morgan fingerprint density at radius 1 is 0.407 bits per heavy atom. The summed E-state index contributed by atoms with van der Waals surface area (Å²) in [6.45, 7) is 0. The second-order valence-electron chi connectivity index (χ2n) is 13.7. The molecule has 0 aliphatic rings. The lowest BCUT2D eigenvalue weighted by Crippen LogP contribution is -1.96. The van der Waals surface area contributed by atoms with Crippen LogP contribution in [0.2, 0.25) is 0 Å². The van der Waals surface area contributed by atoms with Gasteiger partial charge in [0.05, 0.1) is 27.9 Å². The fraction of sp³-hybridized carbons (Fsp3) is 0. The minimum absolute atomic E-state index is 0.666. The van der Waals surface area contributed by atoms with Gasteiger partial charge in [0.15, 0.2) is 11.4 Å². The molecule has 252 valence electrons. The molecule has 0 spiro atoms. The van der Waals surface area contributed by atoms with Gasteiger partial charge in [0, 0.05) is 38.1 Å². The standard InChI is InChI=1S/C50H31N3O/c1-3-13-32(14-4-1)34-25-27-35(28-26-34)48-39-18-7-9-21-42(39)51-50(52-48)41-20-12-24-46-47(41)40-19-11-23-44(49(40)54-46)53-43-22-10-8-17-37(43)38-30-29-36(31-45(38)53)33-15-5-2-6-16-33/h1-31H. The first-order valence-electron chi connectivity index (χ1n) is 18.2. The third kappa shape index (κ3) is 4.78. The summed E-state index contributed by atoms with van der Waals surface area (Å²) in [5, 5.41) is 5.44. The maximum atomic E-state index is 6.86. The highest BCUT2D eigenvalue weighted by Crippen LogP contribution is 2.42. The third-order valence-electron chi connectivity index (χ3n) is 10.6. The number of para-hydroxylation sites is 3. The summed E-state index contributed by atoms with van der Waals surface area (Å²) in [5.41, 5.74) is 13.4. The van der Waals surface area contributed by atoms with Crippen molar-refractivity contribution in [2.24, 2.45) is 0 Å².